The third kappa shape index (κ3) is 5.18. The molecule has 3 aromatic heterocycles. The summed E-state index contributed by atoms with van der Waals surface area (Å²) in [6, 6.07) is 18.8. The number of methoxy groups -OCH3 is 2. The minimum atomic E-state index is -0.291. The number of imidazole rings is 1. The zero-order valence-electron chi connectivity index (χ0n) is 20.3. The molecule has 0 aliphatic rings. The number of ether oxygens (including phenoxy) is 2. The Labute approximate surface area is 212 Å². The molecule has 2 aromatic carbocycles. The molecule has 0 atom stereocenters. The van der Waals surface area contributed by atoms with Crippen LogP contribution >= 0.6 is 0 Å². The lowest BCUT2D eigenvalue weighted by atomic mass is 10.1. The van der Waals surface area contributed by atoms with Gasteiger partial charge in [-0.2, -0.15) is 4.98 Å². The summed E-state index contributed by atoms with van der Waals surface area (Å²) in [4.78, 5) is 26.0. The van der Waals surface area contributed by atoms with Crippen molar-refractivity contribution in [2.24, 2.45) is 0 Å². The van der Waals surface area contributed by atoms with Gasteiger partial charge in [0.05, 0.1) is 19.8 Å². The molecule has 0 unspecified atom stereocenters. The zero-order chi connectivity index (χ0) is 25.6. The number of carbonyl (C=O) groups excluding carboxylic acids is 1. The normalized spacial score (nSPS) is 10.8. The number of hydrogen-bond donors (Lipinski definition) is 1. The van der Waals surface area contributed by atoms with E-state index in [-0.39, 0.29) is 11.6 Å². The molecular weight excluding hydrogens is 472 g/mol. The second kappa shape index (κ2) is 10.7. The minimum absolute atomic E-state index is 0.263. The largest absolute Gasteiger partial charge is 0.493 e. The van der Waals surface area contributed by atoms with E-state index in [9.17, 15) is 4.79 Å². The zero-order valence-corrected chi connectivity index (χ0v) is 20.3. The number of aromatic nitrogens is 5. The van der Waals surface area contributed by atoms with Crippen LogP contribution in [0.2, 0.25) is 0 Å². The summed E-state index contributed by atoms with van der Waals surface area (Å²) in [6.07, 6.45) is 5.42. The van der Waals surface area contributed by atoms with Crippen molar-refractivity contribution in [1.82, 2.24) is 30.0 Å². The number of pyridine rings is 1. The first-order valence-electron chi connectivity index (χ1n) is 11.5. The molecule has 0 fully saturated rings. The molecule has 10 heteroatoms. The van der Waals surface area contributed by atoms with Crippen LogP contribution in [0.4, 0.5) is 0 Å². The van der Waals surface area contributed by atoms with Crippen molar-refractivity contribution in [2.75, 3.05) is 20.8 Å². The van der Waals surface area contributed by atoms with Gasteiger partial charge in [-0.25, -0.2) is 9.97 Å². The first kappa shape index (κ1) is 23.7. The second-order valence-corrected chi connectivity index (χ2v) is 8.03. The van der Waals surface area contributed by atoms with Crippen molar-refractivity contribution in [3.8, 4) is 40.2 Å². The molecule has 3 heterocycles. The van der Waals surface area contributed by atoms with Gasteiger partial charge in [0.25, 0.3) is 11.8 Å². The lowest BCUT2D eigenvalue weighted by Gasteiger charge is -2.09. The van der Waals surface area contributed by atoms with Crippen molar-refractivity contribution in [2.45, 2.75) is 6.42 Å². The average Bonchev–Trinajstić information content (AvgIpc) is 3.64. The van der Waals surface area contributed by atoms with Crippen LogP contribution in [0.1, 0.15) is 16.1 Å². The maximum absolute atomic E-state index is 12.7. The van der Waals surface area contributed by atoms with E-state index >= 15 is 0 Å². The average molecular weight is 497 g/mol. The summed E-state index contributed by atoms with van der Waals surface area (Å²) in [6.45, 7) is 0.431. The van der Waals surface area contributed by atoms with Gasteiger partial charge in [0.1, 0.15) is 12.0 Å². The Morgan fingerprint density at radius 2 is 1.84 bits per heavy atom. The van der Waals surface area contributed by atoms with E-state index in [1.54, 1.807) is 37.2 Å². The molecule has 10 nitrogen and oxygen atoms in total. The van der Waals surface area contributed by atoms with E-state index in [4.69, 9.17) is 14.0 Å². The molecule has 0 saturated carbocycles. The predicted octanol–water partition coefficient (Wildman–Crippen LogP) is 3.97. The third-order valence-corrected chi connectivity index (χ3v) is 5.68. The minimum Gasteiger partial charge on any atom is -0.493 e. The van der Waals surface area contributed by atoms with Crippen LogP contribution < -0.4 is 14.8 Å². The van der Waals surface area contributed by atoms with Crippen LogP contribution in [0, 0.1) is 0 Å². The van der Waals surface area contributed by atoms with E-state index in [0.29, 0.717) is 47.6 Å². The van der Waals surface area contributed by atoms with Crippen molar-refractivity contribution >= 4 is 5.91 Å². The highest BCUT2D eigenvalue weighted by molar-refractivity contribution is 5.92. The summed E-state index contributed by atoms with van der Waals surface area (Å²) in [5.74, 6) is 2.32. The standard InChI is InChI=1S/C27H24N6O4/c1-35-22-11-10-18(15-23(22)36-2)12-14-29-26(34)21-16-33(17-30-21)25-20(9-6-13-28-25)27-31-24(32-37-27)19-7-4-3-5-8-19/h3-11,13,15-17H,12,14H2,1-2H3,(H,29,34). The fraction of sp³-hybridized carbons (Fsp3) is 0.148. The Morgan fingerprint density at radius 1 is 1.00 bits per heavy atom. The Bertz CT molecular complexity index is 1510. The SMILES string of the molecule is COc1ccc(CCNC(=O)c2cn(-c3ncccc3-c3nc(-c4ccccc4)no3)cn2)cc1OC. The lowest BCUT2D eigenvalue weighted by molar-refractivity contribution is 0.0949. The monoisotopic (exact) mass is 496 g/mol. The van der Waals surface area contributed by atoms with Crippen molar-refractivity contribution in [3.63, 3.8) is 0 Å². The summed E-state index contributed by atoms with van der Waals surface area (Å²) in [5, 5.41) is 6.99. The molecule has 0 bridgehead atoms. The van der Waals surface area contributed by atoms with Gasteiger partial charge < -0.3 is 19.3 Å². The second-order valence-electron chi connectivity index (χ2n) is 8.03. The fourth-order valence-corrected chi connectivity index (χ4v) is 3.81. The van der Waals surface area contributed by atoms with Gasteiger partial charge >= 0.3 is 0 Å². The molecule has 1 N–H and O–H groups in total. The lowest BCUT2D eigenvalue weighted by Crippen LogP contribution is -2.26. The maximum Gasteiger partial charge on any atom is 0.271 e. The van der Waals surface area contributed by atoms with E-state index in [2.05, 4.69) is 25.4 Å². The molecule has 0 spiro atoms. The van der Waals surface area contributed by atoms with Gasteiger partial charge in [0.15, 0.2) is 17.3 Å². The summed E-state index contributed by atoms with van der Waals surface area (Å²) in [7, 11) is 3.18. The molecule has 1 amide bonds. The molecule has 5 aromatic rings. The van der Waals surface area contributed by atoms with Gasteiger partial charge in [-0.15, -0.1) is 0 Å². The van der Waals surface area contributed by atoms with Crippen LogP contribution in [0.25, 0.3) is 28.7 Å². The highest BCUT2D eigenvalue weighted by Crippen LogP contribution is 2.28. The van der Waals surface area contributed by atoms with E-state index < -0.39 is 0 Å². The number of carbonyl (C=O) groups is 1. The molecule has 0 aliphatic carbocycles. The number of nitrogens with zero attached hydrogens (tertiary/aromatic N) is 5. The van der Waals surface area contributed by atoms with Crippen LogP contribution in [0.5, 0.6) is 11.5 Å². The van der Waals surface area contributed by atoms with Gasteiger partial charge in [0.2, 0.25) is 5.82 Å². The number of nitrogens with one attached hydrogen (secondary N) is 1. The Hall–Kier alpha value is -4.99. The van der Waals surface area contributed by atoms with Gasteiger partial charge in [-0.3, -0.25) is 9.36 Å². The summed E-state index contributed by atoms with van der Waals surface area (Å²) in [5.41, 5.74) is 2.74. The summed E-state index contributed by atoms with van der Waals surface area (Å²) < 4.78 is 17.8. The van der Waals surface area contributed by atoms with Gasteiger partial charge in [-0.05, 0) is 36.2 Å². The van der Waals surface area contributed by atoms with Crippen LogP contribution in [-0.2, 0) is 6.42 Å². The van der Waals surface area contributed by atoms with E-state index in [1.807, 2.05) is 54.6 Å². The smallest absolute Gasteiger partial charge is 0.271 e. The van der Waals surface area contributed by atoms with Crippen molar-refractivity contribution in [3.05, 3.63) is 90.6 Å². The van der Waals surface area contributed by atoms with Gasteiger partial charge in [-0.1, -0.05) is 41.6 Å². The van der Waals surface area contributed by atoms with E-state index in [0.717, 1.165) is 11.1 Å². The van der Waals surface area contributed by atoms with Crippen LogP contribution in [0.15, 0.2) is 83.9 Å². The molecular formula is C27H24N6O4. The van der Waals surface area contributed by atoms with Gasteiger partial charge in [0, 0.05) is 24.5 Å². The first-order valence-corrected chi connectivity index (χ1v) is 11.5. The highest BCUT2D eigenvalue weighted by atomic mass is 16.5. The van der Waals surface area contributed by atoms with Crippen LogP contribution in [0.3, 0.4) is 0 Å². The molecule has 0 saturated heterocycles. The van der Waals surface area contributed by atoms with Crippen LogP contribution in [-0.4, -0.2) is 51.3 Å². The van der Waals surface area contributed by atoms with E-state index in [1.165, 1.54) is 6.33 Å². The molecule has 186 valence electrons. The summed E-state index contributed by atoms with van der Waals surface area (Å²) >= 11 is 0. The predicted molar refractivity (Wildman–Crippen MR) is 136 cm³/mol. The topological polar surface area (TPSA) is 117 Å². The molecule has 0 radical (unpaired) electrons. The number of benzene rings is 2. The third-order valence-electron chi connectivity index (χ3n) is 5.68. The molecule has 0 aliphatic heterocycles. The number of rotatable bonds is 9. The maximum atomic E-state index is 12.7. The number of hydrogen-bond acceptors (Lipinski definition) is 8. The quantitative estimate of drug-likeness (QED) is 0.326. The first-order chi connectivity index (χ1) is 18.2. The Kier molecular flexibility index (Phi) is 6.89. The number of amides is 1. The highest BCUT2D eigenvalue weighted by Gasteiger charge is 2.18. The molecule has 37 heavy (non-hydrogen) atoms. The Morgan fingerprint density at radius 3 is 2.65 bits per heavy atom. The fourth-order valence-electron chi connectivity index (χ4n) is 3.81. The van der Waals surface area contributed by atoms with Crippen molar-refractivity contribution < 1.29 is 18.8 Å². The molecule has 5 rings (SSSR count). The Balaban J connectivity index is 1.28. The van der Waals surface area contributed by atoms with Crippen molar-refractivity contribution in [1.29, 1.82) is 0 Å².